The fourth-order valence-electron chi connectivity index (χ4n) is 1.84. The zero-order valence-corrected chi connectivity index (χ0v) is 9.05. The van der Waals surface area contributed by atoms with Gasteiger partial charge in [0.15, 0.2) is 0 Å². The summed E-state index contributed by atoms with van der Waals surface area (Å²) in [4.78, 5) is 11.6. The molecule has 82 valence electrons. The molecular formula is C11H21NO2. The number of unbranched alkanes of at least 4 members (excludes halogenated alkanes) is 1. The van der Waals surface area contributed by atoms with Crippen LogP contribution in [0, 0.1) is 0 Å². The second-order valence-electron chi connectivity index (χ2n) is 4.21. The second-order valence-corrected chi connectivity index (χ2v) is 4.21. The lowest BCUT2D eigenvalue weighted by atomic mass is 9.83. The highest BCUT2D eigenvalue weighted by molar-refractivity contribution is 5.80. The van der Waals surface area contributed by atoms with E-state index in [1.807, 2.05) is 0 Å². The largest absolute Gasteiger partial charge is 0.464 e. The van der Waals surface area contributed by atoms with Crippen LogP contribution in [0.2, 0.25) is 0 Å². The van der Waals surface area contributed by atoms with Crippen molar-refractivity contribution < 1.29 is 9.53 Å². The first-order valence-electron chi connectivity index (χ1n) is 5.65. The van der Waals surface area contributed by atoms with Gasteiger partial charge >= 0.3 is 5.97 Å². The van der Waals surface area contributed by atoms with Crippen LogP contribution in [0.1, 0.15) is 51.9 Å². The first-order chi connectivity index (χ1) is 6.69. The third kappa shape index (κ3) is 2.98. The Morgan fingerprint density at radius 1 is 1.36 bits per heavy atom. The highest BCUT2D eigenvalue weighted by Gasteiger charge is 2.36. The standard InChI is InChI=1S/C11H21NO2/c1-2-3-9-14-10(13)11(12)7-5-4-6-8-11/h2-9,12H2,1H3. The van der Waals surface area contributed by atoms with Gasteiger partial charge in [-0.25, -0.2) is 0 Å². The van der Waals surface area contributed by atoms with Gasteiger partial charge in [0, 0.05) is 0 Å². The first-order valence-corrected chi connectivity index (χ1v) is 5.65. The smallest absolute Gasteiger partial charge is 0.326 e. The summed E-state index contributed by atoms with van der Waals surface area (Å²) in [6.45, 7) is 2.60. The van der Waals surface area contributed by atoms with Crippen LogP contribution in [0.3, 0.4) is 0 Å². The Balaban J connectivity index is 2.33. The van der Waals surface area contributed by atoms with Crippen molar-refractivity contribution in [1.82, 2.24) is 0 Å². The number of carbonyl (C=O) groups excluding carboxylic acids is 1. The molecular weight excluding hydrogens is 178 g/mol. The van der Waals surface area contributed by atoms with Crippen molar-refractivity contribution in [3.05, 3.63) is 0 Å². The van der Waals surface area contributed by atoms with Gasteiger partial charge in [0.2, 0.25) is 0 Å². The molecule has 3 heteroatoms. The summed E-state index contributed by atoms with van der Waals surface area (Å²) >= 11 is 0. The zero-order chi connectivity index (χ0) is 10.4. The van der Waals surface area contributed by atoms with Crippen molar-refractivity contribution in [2.45, 2.75) is 57.4 Å². The molecule has 0 bridgehead atoms. The van der Waals surface area contributed by atoms with E-state index in [1.165, 1.54) is 6.42 Å². The molecule has 0 amide bonds. The molecule has 0 radical (unpaired) electrons. The predicted molar refractivity (Wildman–Crippen MR) is 55.9 cm³/mol. The van der Waals surface area contributed by atoms with Crippen LogP contribution in [0.5, 0.6) is 0 Å². The lowest BCUT2D eigenvalue weighted by Gasteiger charge is -2.30. The summed E-state index contributed by atoms with van der Waals surface area (Å²) in [5.74, 6) is -0.189. The van der Waals surface area contributed by atoms with Gasteiger partial charge < -0.3 is 10.5 Å². The lowest BCUT2D eigenvalue weighted by molar-refractivity contribution is -0.151. The van der Waals surface area contributed by atoms with Crippen LogP contribution in [0.4, 0.5) is 0 Å². The molecule has 1 aliphatic rings. The molecule has 0 aromatic carbocycles. The van der Waals surface area contributed by atoms with Gasteiger partial charge in [-0.05, 0) is 19.3 Å². The summed E-state index contributed by atoms with van der Waals surface area (Å²) in [5, 5.41) is 0. The maximum absolute atomic E-state index is 11.6. The van der Waals surface area contributed by atoms with Gasteiger partial charge in [-0.2, -0.15) is 0 Å². The highest BCUT2D eigenvalue weighted by Crippen LogP contribution is 2.26. The van der Waals surface area contributed by atoms with Crippen molar-refractivity contribution in [1.29, 1.82) is 0 Å². The SMILES string of the molecule is CCCCOC(=O)C1(N)CCCCC1. The van der Waals surface area contributed by atoms with E-state index in [0.717, 1.165) is 38.5 Å². The predicted octanol–water partition coefficient (Wildman–Crippen LogP) is 1.99. The molecule has 0 aromatic rings. The number of carbonyl (C=O) groups is 1. The highest BCUT2D eigenvalue weighted by atomic mass is 16.5. The molecule has 2 N–H and O–H groups in total. The average Bonchev–Trinajstić information content (AvgIpc) is 2.19. The van der Waals surface area contributed by atoms with E-state index in [0.29, 0.717) is 6.61 Å². The summed E-state index contributed by atoms with van der Waals surface area (Å²) < 4.78 is 5.16. The molecule has 1 aliphatic carbocycles. The van der Waals surface area contributed by atoms with Crippen molar-refractivity contribution >= 4 is 5.97 Å². The molecule has 0 aliphatic heterocycles. The van der Waals surface area contributed by atoms with Gasteiger partial charge in [-0.3, -0.25) is 4.79 Å². The van der Waals surface area contributed by atoms with E-state index in [2.05, 4.69) is 6.92 Å². The maximum atomic E-state index is 11.6. The molecule has 14 heavy (non-hydrogen) atoms. The van der Waals surface area contributed by atoms with E-state index in [1.54, 1.807) is 0 Å². The minimum absolute atomic E-state index is 0.189. The molecule has 0 spiro atoms. The Labute approximate surface area is 86.0 Å². The number of hydrogen-bond acceptors (Lipinski definition) is 3. The molecule has 0 aromatic heterocycles. The van der Waals surface area contributed by atoms with Crippen molar-refractivity contribution in [3.63, 3.8) is 0 Å². The lowest BCUT2D eigenvalue weighted by Crippen LogP contribution is -2.50. The van der Waals surface area contributed by atoms with Crippen LogP contribution in [0.15, 0.2) is 0 Å². The monoisotopic (exact) mass is 199 g/mol. The fraction of sp³-hybridized carbons (Fsp3) is 0.909. The molecule has 0 atom stereocenters. The van der Waals surface area contributed by atoms with Crippen molar-refractivity contribution in [2.24, 2.45) is 5.73 Å². The quantitative estimate of drug-likeness (QED) is 0.556. The van der Waals surface area contributed by atoms with Gasteiger partial charge in [-0.15, -0.1) is 0 Å². The van der Waals surface area contributed by atoms with Gasteiger partial charge in [-0.1, -0.05) is 32.6 Å². The minimum Gasteiger partial charge on any atom is -0.464 e. The Morgan fingerprint density at radius 2 is 2.00 bits per heavy atom. The van der Waals surface area contributed by atoms with Gasteiger partial charge in [0.05, 0.1) is 6.61 Å². The number of hydrogen-bond donors (Lipinski definition) is 1. The molecule has 1 fully saturated rings. The van der Waals surface area contributed by atoms with E-state index >= 15 is 0 Å². The van der Waals surface area contributed by atoms with Crippen molar-refractivity contribution in [3.8, 4) is 0 Å². The summed E-state index contributed by atoms with van der Waals surface area (Å²) in [6, 6.07) is 0. The fourth-order valence-corrected chi connectivity index (χ4v) is 1.84. The van der Waals surface area contributed by atoms with E-state index < -0.39 is 5.54 Å². The molecule has 0 heterocycles. The summed E-state index contributed by atoms with van der Waals surface area (Å²) in [5.41, 5.74) is 5.34. The average molecular weight is 199 g/mol. The topological polar surface area (TPSA) is 52.3 Å². The number of nitrogens with two attached hydrogens (primary N) is 1. The first kappa shape index (κ1) is 11.5. The van der Waals surface area contributed by atoms with Crippen LogP contribution in [-0.4, -0.2) is 18.1 Å². The van der Waals surface area contributed by atoms with Gasteiger partial charge in [0.25, 0.3) is 0 Å². The number of ether oxygens (including phenoxy) is 1. The van der Waals surface area contributed by atoms with Crippen LogP contribution >= 0.6 is 0 Å². The van der Waals surface area contributed by atoms with Crippen LogP contribution in [-0.2, 0) is 9.53 Å². The minimum atomic E-state index is -0.675. The second kappa shape index (κ2) is 5.35. The molecule has 0 saturated heterocycles. The van der Waals surface area contributed by atoms with E-state index in [-0.39, 0.29) is 5.97 Å². The molecule has 1 rings (SSSR count). The summed E-state index contributed by atoms with van der Waals surface area (Å²) in [7, 11) is 0. The number of esters is 1. The van der Waals surface area contributed by atoms with Crippen LogP contribution < -0.4 is 5.73 Å². The zero-order valence-electron chi connectivity index (χ0n) is 9.05. The van der Waals surface area contributed by atoms with E-state index in [4.69, 9.17) is 10.5 Å². The normalized spacial score (nSPS) is 20.4. The molecule has 1 saturated carbocycles. The Hall–Kier alpha value is -0.570. The third-order valence-corrected chi connectivity index (χ3v) is 2.88. The summed E-state index contributed by atoms with van der Waals surface area (Å²) in [6.07, 6.45) is 6.86. The van der Waals surface area contributed by atoms with Crippen molar-refractivity contribution in [2.75, 3.05) is 6.61 Å². The third-order valence-electron chi connectivity index (χ3n) is 2.88. The van der Waals surface area contributed by atoms with Gasteiger partial charge in [0.1, 0.15) is 5.54 Å². The Bertz CT molecular complexity index is 186. The van der Waals surface area contributed by atoms with Crippen LogP contribution in [0.25, 0.3) is 0 Å². The number of rotatable bonds is 4. The van der Waals surface area contributed by atoms with E-state index in [9.17, 15) is 4.79 Å². The Morgan fingerprint density at radius 3 is 2.57 bits per heavy atom. The molecule has 0 unspecified atom stereocenters. The maximum Gasteiger partial charge on any atom is 0.326 e. The molecule has 3 nitrogen and oxygen atoms in total. The Kier molecular flexibility index (Phi) is 4.39.